The zero-order chi connectivity index (χ0) is 22.0. The Morgan fingerprint density at radius 2 is 1.90 bits per heavy atom. The average Bonchev–Trinajstić information content (AvgIpc) is 3.32. The van der Waals surface area contributed by atoms with Crippen molar-refractivity contribution in [2.24, 2.45) is 5.73 Å². The van der Waals surface area contributed by atoms with Gasteiger partial charge in [0.25, 0.3) is 11.8 Å². The van der Waals surface area contributed by atoms with E-state index in [9.17, 15) is 14.4 Å². The van der Waals surface area contributed by atoms with Gasteiger partial charge in [-0.15, -0.1) is 11.3 Å². The summed E-state index contributed by atoms with van der Waals surface area (Å²) >= 11 is 1.35. The second-order valence-corrected chi connectivity index (χ2v) is 8.34. The van der Waals surface area contributed by atoms with Crippen molar-refractivity contribution in [2.75, 3.05) is 11.9 Å². The Labute approximate surface area is 182 Å². The van der Waals surface area contributed by atoms with E-state index in [1.807, 2.05) is 18.2 Å². The lowest BCUT2D eigenvalue weighted by molar-refractivity contribution is -0.119. The van der Waals surface area contributed by atoms with Gasteiger partial charge in [0.1, 0.15) is 22.0 Å². The molecule has 0 bridgehead atoms. The minimum absolute atomic E-state index is 0.170. The van der Waals surface area contributed by atoms with Crippen LogP contribution in [0.1, 0.15) is 49.8 Å². The maximum atomic E-state index is 12.6. The van der Waals surface area contributed by atoms with E-state index >= 15 is 0 Å². The van der Waals surface area contributed by atoms with Gasteiger partial charge in [0, 0.05) is 10.4 Å². The maximum Gasteiger partial charge on any atom is 0.344 e. The van der Waals surface area contributed by atoms with Crippen LogP contribution in [0, 0.1) is 6.92 Å². The number of ether oxygens (including phenoxy) is 1. The molecule has 0 saturated carbocycles. The quantitative estimate of drug-likeness (QED) is 0.567. The van der Waals surface area contributed by atoms with Gasteiger partial charge in [-0.1, -0.05) is 35.5 Å². The summed E-state index contributed by atoms with van der Waals surface area (Å²) in [7, 11) is 0. The number of fused-ring (bicyclic) bond motifs is 1. The number of nitrogens with two attached hydrogens (primary N) is 1. The molecule has 2 aromatic heterocycles. The number of carbonyl (C=O) groups is 3. The highest BCUT2D eigenvalue weighted by Crippen LogP contribution is 2.37. The number of thiophene rings is 1. The molecule has 0 spiro atoms. The Morgan fingerprint density at radius 1 is 1.16 bits per heavy atom. The normalized spacial score (nSPS) is 12.8. The van der Waals surface area contributed by atoms with Crippen molar-refractivity contribution in [2.45, 2.75) is 32.6 Å². The van der Waals surface area contributed by atoms with Gasteiger partial charge >= 0.3 is 5.97 Å². The van der Waals surface area contributed by atoms with Crippen LogP contribution >= 0.6 is 11.3 Å². The van der Waals surface area contributed by atoms with Gasteiger partial charge < -0.3 is 20.3 Å². The van der Waals surface area contributed by atoms with E-state index in [4.69, 9.17) is 15.0 Å². The highest BCUT2D eigenvalue weighted by Gasteiger charge is 2.26. The van der Waals surface area contributed by atoms with Crippen molar-refractivity contribution in [3.05, 3.63) is 57.7 Å². The first kappa shape index (κ1) is 20.8. The second kappa shape index (κ2) is 8.73. The number of aryl methyl sites for hydroxylation is 2. The van der Waals surface area contributed by atoms with Crippen LogP contribution in [0.25, 0.3) is 11.3 Å². The first-order chi connectivity index (χ1) is 15.0. The summed E-state index contributed by atoms with van der Waals surface area (Å²) in [4.78, 5) is 38.1. The molecule has 0 saturated heterocycles. The zero-order valence-electron chi connectivity index (χ0n) is 16.9. The van der Waals surface area contributed by atoms with Gasteiger partial charge in [0.2, 0.25) is 0 Å². The van der Waals surface area contributed by atoms with Crippen LogP contribution in [0.15, 0.2) is 34.9 Å². The van der Waals surface area contributed by atoms with Gasteiger partial charge in [-0.05, 0) is 38.2 Å². The van der Waals surface area contributed by atoms with E-state index < -0.39 is 24.4 Å². The lowest BCUT2D eigenvalue weighted by atomic mass is 9.95. The number of carbonyl (C=O) groups excluding carboxylic acids is 3. The number of esters is 1. The monoisotopic (exact) mass is 439 g/mol. The summed E-state index contributed by atoms with van der Waals surface area (Å²) in [6, 6.07) is 9.08. The fraction of sp³-hybridized carbons (Fsp3) is 0.273. The number of hydrogen-bond donors (Lipinski definition) is 2. The molecule has 1 aromatic carbocycles. The number of anilines is 1. The van der Waals surface area contributed by atoms with Crippen molar-refractivity contribution in [1.82, 2.24) is 5.16 Å². The fourth-order valence-corrected chi connectivity index (χ4v) is 5.00. The van der Waals surface area contributed by atoms with Crippen molar-refractivity contribution in [3.8, 4) is 11.3 Å². The smallest absolute Gasteiger partial charge is 0.344 e. The van der Waals surface area contributed by atoms with Crippen LogP contribution < -0.4 is 11.1 Å². The number of benzene rings is 1. The highest BCUT2D eigenvalue weighted by molar-refractivity contribution is 7.17. The number of amides is 2. The third-order valence-electron chi connectivity index (χ3n) is 5.12. The number of nitrogens with zero attached hydrogens (tertiary/aromatic N) is 1. The van der Waals surface area contributed by atoms with E-state index in [2.05, 4.69) is 10.5 Å². The molecule has 0 radical (unpaired) electrons. The van der Waals surface area contributed by atoms with Crippen molar-refractivity contribution in [1.29, 1.82) is 0 Å². The maximum absolute atomic E-state index is 12.6. The molecule has 0 atom stereocenters. The third-order valence-corrected chi connectivity index (χ3v) is 6.33. The first-order valence-corrected chi connectivity index (χ1v) is 10.7. The van der Waals surface area contributed by atoms with Gasteiger partial charge in [0.15, 0.2) is 6.61 Å². The summed E-state index contributed by atoms with van der Waals surface area (Å²) in [5, 5.41) is 7.03. The van der Waals surface area contributed by atoms with Crippen LogP contribution in [-0.4, -0.2) is 29.5 Å². The summed E-state index contributed by atoms with van der Waals surface area (Å²) in [6.45, 7) is 1.09. The predicted molar refractivity (Wildman–Crippen MR) is 115 cm³/mol. The van der Waals surface area contributed by atoms with Gasteiger partial charge in [-0.2, -0.15) is 0 Å². The average molecular weight is 439 g/mol. The van der Waals surface area contributed by atoms with Crippen LogP contribution in [0.3, 0.4) is 0 Å². The van der Waals surface area contributed by atoms with E-state index in [1.165, 1.54) is 11.3 Å². The predicted octanol–water partition coefficient (Wildman–Crippen LogP) is 3.48. The molecule has 0 aliphatic heterocycles. The molecular weight excluding hydrogens is 418 g/mol. The van der Waals surface area contributed by atoms with E-state index in [-0.39, 0.29) is 5.56 Å². The molecule has 8 nitrogen and oxygen atoms in total. The SMILES string of the molecule is Cc1onc(-c2ccccc2)c1C(=O)OCC(=O)Nc1sc2c(c1C(N)=O)CCCC2. The molecule has 2 amide bonds. The molecule has 1 aliphatic carbocycles. The minimum Gasteiger partial charge on any atom is -0.452 e. The van der Waals surface area contributed by atoms with Crippen LogP contribution in [-0.2, 0) is 22.4 Å². The summed E-state index contributed by atoms with van der Waals surface area (Å²) in [5.74, 6) is -1.54. The summed E-state index contributed by atoms with van der Waals surface area (Å²) < 4.78 is 10.4. The number of hydrogen-bond acceptors (Lipinski definition) is 7. The summed E-state index contributed by atoms with van der Waals surface area (Å²) in [6.07, 6.45) is 3.65. The number of rotatable bonds is 6. The van der Waals surface area contributed by atoms with Gasteiger partial charge in [-0.3, -0.25) is 9.59 Å². The van der Waals surface area contributed by atoms with Crippen molar-refractivity contribution >= 4 is 34.1 Å². The van der Waals surface area contributed by atoms with E-state index in [1.54, 1.807) is 19.1 Å². The molecule has 1 aliphatic rings. The Bertz CT molecular complexity index is 1150. The molecule has 9 heteroatoms. The first-order valence-electron chi connectivity index (χ1n) is 9.88. The summed E-state index contributed by atoms with van der Waals surface area (Å²) in [5.41, 5.74) is 8.05. The highest BCUT2D eigenvalue weighted by atomic mass is 32.1. The number of primary amides is 1. The van der Waals surface area contributed by atoms with Crippen LogP contribution in [0.4, 0.5) is 5.00 Å². The van der Waals surface area contributed by atoms with Crippen LogP contribution in [0.2, 0.25) is 0 Å². The fourth-order valence-electron chi connectivity index (χ4n) is 3.69. The lowest BCUT2D eigenvalue weighted by Gasteiger charge is -2.11. The second-order valence-electron chi connectivity index (χ2n) is 7.23. The molecule has 4 rings (SSSR count). The van der Waals surface area contributed by atoms with Crippen molar-refractivity contribution in [3.63, 3.8) is 0 Å². The Morgan fingerprint density at radius 3 is 2.65 bits per heavy atom. The van der Waals surface area contributed by atoms with Gasteiger partial charge in [-0.25, -0.2) is 4.79 Å². The Hall–Kier alpha value is -3.46. The molecular formula is C22H21N3O5S. The van der Waals surface area contributed by atoms with E-state index in [0.29, 0.717) is 27.6 Å². The topological polar surface area (TPSA) is 125 Å². The Balaban J connectivity index is 1.46. The number of aromatic nitrogens is 1. The molecule has 2 heterocycles. The largest absolute Gasteiger partial charge is 0.452 e. The number of nitrogens with one attached hydrogen (secondary N) is 1. The van der Waals surface area contributed by atoms with Crippen LogP contribution in [0.5, 0.6) is 0 Å². The van der Waals surface area contributed by atoms with Gasteiger partial charge in [0.05, 0.1) is 5.56 Å². The Kier molecular flexibility index (Phi) is 5.85. The molecule has 160 valence electrons. The minimum atomic E-state index is -0.714. The third kappa shape index (κ3) is 4.22. The molecule has 0 fully saturated rings. The van der Waals surface area contributed by atoms with Crippen molar-refractivity contribution < 1.29 is 23.6 Å². The molecule has 0 unspecified atom stereocenters. The molecule has 31 heavy (non-hydrogen) atoms. The molecule has 3 N–H and O–H groups in total. The standard InChI is InChI=1S/C22H21N3O5S/c1-12-17(19(25-30-12)13-7-3-2-4-8-13)22(28)29-11-16(26)24-21-18(20(23)27)14-9-5-6-10-15(14)31-21/h2-4,7-8H,5-6,9-11H2,1H3,(H2,23,27)(H,24,26). The zero-order valence-corrected chi connectivity index (χ0v) is 17.7. The molecule has 3 aromatic rings. The lowest BCUT2D eigenvalue weighted by Crippen LogP contribution is -2.23. The van der Waals surface area contributed by atoms with E-state index in [0.717, 1.165) is 36.1 Å².